The molecule has 1 aromatic rings. The SMILES string of the molecule is CCOC(=O)c1ccc(N2CC(N)C2)cc1. The van der Waals surface area contributed by atoms with Crippen LogP contribution in [0.15, 0.2) is 24.3 Å². The van der Waals surface area contributed by atoms with Crippen molar-refractivity contribution in [1.82, 2.24) is 0 Å². The maximum absolute atomic E-state index is 11.4. The lowest BCUT2D eigenvalue weighted by Gasteiger charge is -2.38. The number of nitrogens with zero attached hydrogens (tertiary/aromatic N) is 1. The van der Waals surface area contributed by atoms with Crippen molar-refractivity contribution in [3.63, 3.8) is 0 Å². The van der Waals surface area contributed by atoms with Gasteiger partial charge >= 0.3 is 5.97 Å². The summed E-state index contributed by atoms with van der Waals surface area (Å²) in [6, 6.07) is 7.72. The third kappa shape index (κ3) is 2.17. The number of hydrogen-bond acceptors (Lipinski definition) is 4. The number of benzene rings is 1. The van der Waals surface area contributed by atoms with Gasteiger partial charge in [0.25, 0.3) is 0 Å². The Balaban J connectivity index is 2.02. The zero-order valence-electron chi connectivity index (χ0n) is 9.35. The van der Waals surface area contributed by atoms with Crippen LogP contribution in [0.25, 0.3) is 0 Å². The molecule has 16 heavy (non-hydrogen) atoms. The van der Waals surface area contributed by atoms with E-state index in [-0.39, 0.29) is 12.0 Å². The molecule has 1 aliphatic heterocycles. The van der Waals surface area contributed by atoms with E-state index in [2.05, 4.69) is 4.90 Å². The molecule has 0 radical (unpaired) electrons. The van der Waals surface area contributed by atoms with Crippen LogP contribution in [0, 0.1) is 0 Å². The molecule has 0 saturated carbocycles. The monoisotopic (exact) mass is 220 g/mol. The van der Waals surface area contributed by atoms with Crippen LogP contribution in [0.1, 0.15) is 17.3 Å². The van der Waals surface area contributed by atoms with Crippen molar-refractivity contribution in [3.8, 4) is 0 Å². The summed E-state index contributed by atoms with van der Waals surface area (Å²) in [7, 11) is 0. The molecule has 1 aromatic carbocycles. The molecular formula is C12H16N2O2. The van der Waals surface area contributed by atoms with E-state index in [1.54, 1.807) is 19.1 Å². The highest BCUT2D eigenvalue weighted by atomic mass is 16.5. The van der Waals surface area contributed by atoms with Gasteiger partial charge in [-0.25, -0.2) is 4.79 Å². The molecule has 2 N–H and O–H groups in total. The van der Waals surface area contributed by atoms with Gasteiger partial charge in [0.15, 0.2) is 0 Å². The number of esters is 1. The van der Waals surface area contributed by atoms with Crippen LogP contribution in [0.4, 0.5) is 5.69 Å². The molecule has 0 unspecified atom stereocenters. The van der Waals surface area contributed by atoms with Crippen molar-refractivity contribution in [2.45, 2.75) is 13.0 Å². The van der Waals surface area contributed by atoms with Gasteiger partial charge in [-0.3, -0.25) is 0 Å². The molecule has 1 fully saturated rings. The predicted octanol–water partition coefficient (Wildman–Crippen LogP) is 1.01. The maximum atomic E-state index is 11.4. The zero-order valence-corrected chi connectivity index (χ0v) is 9.35. The molecule has 0 bridgehead atoms. The summed E-state index contributed by atoms with van der Waals surface area (Å²) in [4.78, 5) is 13.6. The molecule has 1 saturated heterocycles. The van der Waals surface area contributed by atoms with Crippen molar-refractivity contribution in [3.05, 3.63) is 29.8 Å². The quantitative estimate of drug-likeness (QED) is 0.772. The number of hydrogen-bond donors (Lipinski definition) is 1. The summed E-state index contributed by atoms with van der Waals surface area (Å²) in [6.07, 6.45) is 0. The molecule has 0 aliphatic carbocycles. The fourth-order valence-corrected chi connectivity index (χ4v) is 1.75. The van der Waals surface area contributed by atoms with Gasteiger partial charge in [0.1, 0.15) is 0 Å². The van der Waals surface area contributed by atoms with Crippen molar-refractivity contribution in [2.24, 2.45) is 5.73 Å². The Labute approximate surface area is 95.0 Å². The Morgan fingerprint density at radius 2 is 2.06 bits per heavy atom. The Kier molecular flexibility index (Phi) is 3.10. The highest BCUT2D eigenvalue weighted by Crippen LogP contribution is 2.20. The number of nitrogens with two attached hydrogens (primary N) is 1. The third-order valence-corrected chi connectivity index (χ3v) is 2.65. The second-order valence-corrected chi connectivity index (χ2v) is 3.93. The van der Waals surface area contributed by atoms with Crippen LogP contribution in [-0.2, 0) is 4.74 Å². The van der Waals surface area contributed by atoms with Crippen LogP contribution in [0.3, 0.4) is 0 Å². The molecule has 2 rings (SSSR count). The molecule has 86 valence electrons. The Morgan fingerprint density at radius 1 is 1.44 bits per heavy atom. The first kappa shape index (κ1) is 11.0. The van der Waals surface area contributed by atoms with E-state index in [1.165, 1.54) is 0 Å². The van der Waals surface area contributed by atoms with E-state index < -0.39 is 0 Å². The van der Waals surface area contributed by atoms with Crippen molar-refractivity contribution >= 4 is 11.7 Å². The minimum Gasteiger partial charge on any atom is -0.462 e. The second-order valence-electron chi connectivity index (χ2n) is 3.93. The first-order valence-corrected chi connectivity index (χ1v) is 5.48. The smallest absolute Gasteiger partial charge is 0.338 e. The standard InChI is InChI=1S/C12H16N2O2/c1-2-16-12(15)9-3-5-11(6-4-9)14-7-10(13)8-14/h3-6,10H,2,7-8,13H2,1H3. The molecule has 4 heteroatoms. The predicted molar refractivity (Wildman–Crippen MR) is 62.6 cm³/mol. The Morgan fingerprint density at radius 3 is 2.56 bits per heavy atom. The van der Waals surface area contributed by atoms with Crippen LogP contribution < -0.4 is 10.6 Å². The highest BCUT2D eigenvalue weighted by molar-refractivity contribution is 5.89. The van der Waals surface area contributed by atoms with Crippen LogP contribution in [0.5, 0.6) is 0 Å². The molecule has 0 spiro atoms. The number of carbonyl (C=O) groups is 1. The lowest BCUT2D eigenvalue weighted by molar-refractivity contribution is 0.0526. The van der Waals surface area contributed by atoms with Gasteiger partial charge in [0, 0.05) is 24.8 Å². The lowest BCUT2D eigenvalue weighted by Crippen LogP contribution is -2.55. The fraction of sp³-hybridized carbons (Fsp3) is 0.417. The van der Waals surface area contributed by atoms with Gasteiger partial charge in [-0.15, -0.1) is 0 Å². The number of anilines is 1. The normalized spacial score (nSPS) is 15.8. The first-order valence-electron chi connectivity index (χ1n) is 5.48. The second kappa shape index (κ2) is 4.53. The van der Waals surface area contributed by atoms with Crippen LogP contribution in [-0.4, -0.2) is 31.7 Å². The van der Waals surface area contributed by atoms with Gasteiger partial charge in [-0.1, -0.05) is 0 Å². The maximum Gasteiger partial charge on any atom is 0.338 e. The van der Waals surface area contributed by atoms with E-state index in [4.69, 9.17) is 10.5 Å². The van der Waals surface area contributed by atoms with E-state index in [0.29, 0.717) is 12.2 Å². The van der Waals surface area contributed by atoms with Crippen LogP contribution in [0.2, 0.25) is 0 Å². The summed E-state index contributed by atoms with van der Waals surface area (Å²) in [5, 5.41) is 0. The van der Waals surface area contributed by atoms with E-state index in [1.807, 2.05) is 12.1 Å². The summed E-state index contributed by atoms with van der Waals surface area (Å²) in [5.74, 6) is -0.269. The van der Waals surface area contributed by atoms with Crippen LogP contribution >= 0.6 is 0 Å². The van der Waals surface area contributed by atoms with Crippen molar-refractivity contribution < 1.29 is 9.53 Å². The summed E-state index contributed by atoms with van der Waals surface area (Å²) >= 11 is 0. The van der Waals surface area contributed by atoms with Gasteiger partial charge < -0.3 is 15.4 Å². The minimum absolute atomic E-state index is 0.269. The molecule has 0 atom stereocenters. The third-order valence-electron chi connectivity index (χ3n) is 2.65. The average Bonchev–Trinajstić information content (AvgIpc) is 2.25. The molecule has 1 heterocycles. The van der Waals surface area contributed by atoms with Gasteiger partial charge in [0.2, 0.25) is 0 Å². The Bertz CT molecular complexity index is 369. The van der Waals surface area contributed by atoms with E-state index in [9.17, 15) is 4.79 Å². The molecule has 4 nitrogen and oxygen atoms in total. The van der Waals surface area contributed by atoms with Gasteiger partial charge in [-0.2, -0.15) is 0 Å². The average molecular weight is 220 g/mol. The summed E-state index contributed by atoms with van der Waals surface area (Å²) < 4.78 is 4.91. The topological polar surface area (TPSA) is 55.6 Å². The van der Waals surface area contributed by atoms with Gasteiger partial charge in [-0.05, 0) is 31.2 Å². The number of carbonyl (C=O) groups excluding carboxylic acids is 1. The Hall–Kier alpha value is -1.55. The highest BCUT2D eigenvalue weighted by Gasteiger charge is 2.23. The number of rotatable bonds is 3. The molecular weight excluding hydrogens is 204 g/mol. The van der Waals surface area contributed by atoms with E-state index in [0.717, 1.165) is 18.8 Å². The lowest BCUT2D eigenvalue weighted by atomic mass is 10.1. The molecule has 0 amide bonds. The summed E-state index contributed by atoms with van der Waals surface area (Å²) in [5.41, 5.74) is 7.41. The molecule has 0 aromatic heterocycles. The van der Waals surface area contributed by atoms with Gasteiger partial charge in [0.05, 0.1) is 12.2 Å². The minimum atomic E-state index is -0.269. The first-order chi connectivity index (χ1) is 7.70. The summed E-state index contributed by atoms with van der Waals surface area (Å²) in [6.45, 7) is 3.98. The number of ether oxygens (including phenoxy) is 1. The fourth-order valence-electron chi connectivity index (χ4n) is 1.75. The van der Waals surface area contributed by atoms with E-state index >= 15 is 0 Å². The van der Waals surface area contributed by atoms with Crippen molar-refractivity contribution in [2.75, 3.05) is 24.6 Å². The largest absolute Gasteiger partial charge is 0.462 e. The van der Waals surface area contributed by atoms with Crippen molar-refractivity contribution in [1.29, 1.82) is 0 Å². The molecule has 1 aliphatic rings. The zero-order chi connectivity index (χ0) is 11.5.